The van der Waals surface area contributed by atoms with Gasteiger partial charge in [0.1, 0.15) is 5.75 Å². The molecule has 0 bridgehead atoms. The van der Waals surface area contributed by atoms with Crippen LogP contribution in [0.4, 0.5) is 5.13 Å². The number of nitrogens with zero attached hydrogens (tertiary/aromatic N) is 4. The largest absolute Gasteiger partial charge is 0.497 e. The number of fused-ring (bicyclic) bond motifs is 1. The van der Waals surface area contributed by atoms with Crippen LogP contribution in [0.3, 0.4) is 0 Å². The minimum Gasteiger partial charge on any atom is -0.497 e. The van der Waals surface area contributed by atoms with Gasteiger partial charge in [0, 0.05) is 31.0 Å². The summed E-state index contributed by atoms with van der Waals surface area (Å²) in [6.07, 6.45) is 6.03. The van der Waals surface area contributed by atoms with Gasteiger partial charge in [0.2, 0.25) is 0 Å². The lowest BCUT2D eigenvalue weighted by Gasteiger charge is -2.20. The van der Waals surface area contributed by atoms with Crippen LogP contribution in [-0.2, 0) is 16.4 Å². The molecule has 0 saturated heterocycles. The summed E-state index contributed by atoms with van der Waals surface area (Å²) in [6, 6.07) is 11.7. The standard InChI is InChI=1S/C24H26N4O4S2/c1-17(2)34(30,31)20-8-5-18(6-9-20)23(29)28(13-4-12-27-14-11-25-16-27)24-26-21-10-7-19(32-3)15-22(21)33-24/h5-11,14-17H,4,12-13H2,1-3H3. The van der Waals surface area contributed by atoms with E-state index in [1.54, 1.807) is 50.5 Å². The van der Waals surface area contributed by atoms with Crippen molar-refractivity contribution < 1.29 is 17.9 Å². The Kier molecular flexibility index (Phi) is 6.99. The smallest absolute Gasteiger partial charge is 0.260 e. The Hall–Kier alpha value is -3.24. The molecule has 0 spiro atoms. The van der Waals surface area contributed by atoms with E-state index in [-0.39, 0.29) is 10.8 Å². The second-order valence-corrected chi connectivity index (χ2v) is 11.6. The molecule has 34 heavy (non-hydrogen) atoms. The first kappa shape index (κ1) is 23.9. The summed E-state index contributed by atoms with van der Waals surface area (Å²) in [6.45, 7) is 4.42. The third-order valence-electron chi connectivity index (χ3n) is 5.47. The van der Waals surface area contributed by atoms with Crippen LogP contribution < -0.4 is 9.64 Å². The van der Waals surface area contributed by atoms with Crippen LogP contribution >= 0.6 is 11.3 Å². The van der Waals surface area contributed by atoms with Crippen molar-refractivity contribution in [2.75, 3.05) is 18.6 Å². The molecule has 10 heteroatoms. The summed E-state index contributed by atoms with van der Waals surface area (Å²) >= 11 is 1.42. The van der Waals surface area contributed by atoms with Gasteiger partial charge in [-0.05, 0) is 62.7 Å². The number of ether oxygens (including phenoxy) is 1. The quantitative estimate of drug-likeness (QED) is 0.339. The molecule has 0 aliphatic heterocycles. The summed E-state index contributed by atoms with van der Waals surface area (Å²) in [4.78, 5) is 24.1. The summed E-state index contributed by atoms with van der Waals surface area (Å²) in [7, 11) is -1.80. The normalized spacial score (nSPS) is 11.8. The number of hydrogen-bond acceptors (Lipinski definition) is 7. The number of amides is 1. The Morgan fingerprint density at radius 3 is 2.59 bits per heavy atom. The molecule has 0 aliphatic rings. The first-order valence-corrected chi connectivity index (χ1v) is 13.2. The van der Waals surface area contributed by atoms with Crippen molar-refractivity contribution in [1.82, 2.24) is 14.5 Å². The second kappa shape index (κ2) is 9.94. The van der Waals surface area contributed by atoms with Crippen molar-refractivity contribution in [3.63, 3.8) is 0 Å². The lowest BCUT2D eigenvalue weighted by Crippen LogP contribution is -2.32. The van der Waals surface area contributed by atoms with E-state index in [0.29, 0.717) is 30.2 Å². The van der Waals surface area contributed by atoms with Gasteiger partial charge >= 0.3 is 0 Å². The Bertz CT molecular complexity index is 1380. The molecule has 4 rings (SSSR count). The van der Waals surface area contributed by atoms with E-state index in [4.69, 9.17) is 4.74 Å². The van der Waals surface area contributed by atoms with Gasteiger partial charge in [-0.1, -0.05) is 11.3 Å². The topological polar surface area (TPSA) is 94.4 Å². The minimum absolute atomic E-state index is 0.206. The summed E-state index contributed by atoms with van der Waals surface area (Å²) < 4.78 is 33.1. The van der Waals surface area contributed by atoms with Gasteiger partial charge in [-0.2, -0.15) is 0 Å². The molecule has 0 atom stereocenters. The third-order valence-corrected chi connectivity index (χ3v) is 8.68. The number of thiazole rings is 1. The predicted molar refractivity (Wildman–Crippen MR) is 133 cm³/mol. The van der Waals surface area contributed by atoms with Gasteiger partial charge < -0.3 is 9.30 Å². The molecule has 178 valence electrons. The van der Waals surface area contributed by atoms with Crippen LogP contribution in [0.25, 0.3) is 10.2 Å². The number of sulfone groups is 1. The van der Waals surface area contributed by atoms with Gasteiger partial charge in [-0.15, -0.1) is 0 Å². The zero-order valence-electron chi connectivity index (χ0n) is 19.2. The zero-order valence-corrected chi connectivity index (χ0v) is 20.8. The molecule has 0 radical (unpaired) electrons. The average Bonchev–Trinajstić information content (AvgIpc) is 3.50. The van der Waals surface area contributed by atoms with E-state index in [2.05, 4.69) is 9.97 Å². The van der Waals surface area contributed by atoms with E-state index in [1.807, 2.05) is 29.0 Å². The first-order chi connectivity index (χ1) is 16.3. The highest BCUT2D eigenvalue weighted by atomic mass is 32.2. The molecule has 2 aromatic carbocycles. The third kappa shape index (κ3) is 4.97. The molecule has 0 saturated carbocycles. The molecule has 0 N–H and O–H groups in total. The van der Waals surface area contributed by atoms with E-state index in [1.165, 1.54) is 23.5 Å². The monoisotopic (exact) mass is 498 g/mol. The fourth-order valence-electron chi connectivity index (χ4n) is 3.46. The lowest BCUT2D eigenvalue weighted by atomic mass is 10.2. The maximum atomic E-state index is 13.5. The molecule has 2 aromatic heterocycles. The van der Waals surface area contributed by atoms with Gasteiger partial charge in [0.15, 0.2) is 15.0 Å². The van der Waals surface area contributed by atoms with Crippen LogP contribution in [0.2, 0.25) is 0 Å². The summed E-state index contributed by atoms with van der Waals surface area (Å²) in [5, 5.41) is 0.0474. The van der Waals surface area contributed by atoms with Gasteiger partial charge in [0.25, 0.3) is 5.91 Å². The molecule has 8 nitrogen and oxygen atoms in total. The highest BCUT2D eigenvalue weighted by Gasteiger charge is 2.23. The minimum atomic E-state index is -3.41. The number of carbonyl (C=O) groups is 1. The van der Waals surface area contributed by atoms with Crippen molar-refractivity contribution in [2.24, 2.45) is 0 Å². The van der Waals surface area contributed by atoms with Crippen molar-refractivity contribution in [3.05, 3.63) is 66.7 Å². The van der Waals surface area contributed by atoms with E-state index in [9.17, 15) is 13.2 Å². The highest BCUT2D eigenvalue weighted by molar-refractivity contribution is 7.92. The van der Waals surface area contributed by atoms with E-state index in [0.717, 1.165) is 16.0 Å². The number of hydrogen-bond donors (Lipinski definition) is 0. The molecule has 0 fully saturated rings. The second-order valence-electron chi connectivity index (χ2n) is 8.06. The Morgan fingerprint density at radius 1 is 1.18 bits per heavy atom. The number of aromatic nitrogens is 3. The molecule has 0 unspecified atom stereocenters. The highest BCUT2D eigenvalue weighted by Crippen LogP contribution is 2.32. The number of aryl methyl sites for hydroxylation is 1. The Morgan fingerprint density at radius 2 is 1.94 bits per heavy atom. The Balaban J connectivity index is 1.63. The number of rotatable bonds is 9. The lowest BCUT2D eigenvalue weighted by molar-refractivity contribution is 0.0986. The van der Waals surface area contributed by atoms with E-state index >= 15 is 0 Å². The van der Waals surface area contributed by atoms with Crippen molar-refractivity contribution in [3.8, 4) is 5.75 Å². The molecule has 2 heterocycles. The van der Waals surface area contributed by atoms with Gasteiger partial charge in [0.05, 0.1) is 33.8 Å². The van der Waals surface area contributed by atoms with Crippen LogP contribution in [-0.4, -0.2) is 47.8 Å². The molecular formula is C24H26N4O4S2. The van der Waals surface area contributed by atoms with Gasteiger partial charge in [-0.3, -0.25) is 9.69 Å². The first-order valence-electron chi connectivity index (χ1n) is 10.9. The van der Waals surface area contributed by atoms with Crippen LogP contribution in [0.5, 0.6) is 5.75 Å². The molecule has 1 amide bonds. The van der Waals surface area contributed by atoms with Crippen molar-refractivity contribution in [1.29, 1.82) is 0 Å². The fraction of sp³-hybridized carbons (Fsp3) is 0.292. The van der Waals surface area contributed by atoms with Crippen LogP contribution in [0.1, 0.15) is 30.6 Å². The number of methoxy groups -OCH3 is 1. The maximum Gasteiger partial charge on any atom is 0.260 e. The summed E-state index contributed by atoms with van der Waals surface area (Å²) in [5.41, 5.74) is 1.19. The van der Waals surface area contributed by atoms with E-state index < -0.39 is 15.1 Å². The predicted octanol–water partition coefficient (Wildman–Crippen LogP) is 4.42. The number of imidazole rings is 1. The summed E-state index contributed by atoms with van der Waals surface area (Å²) in [5.74, 6) is 0.493. The number of anilines is 1. The molecule has 0 aliphatic carbocycles. The number of carbonyl (C=O) groups excluding carboxylic acids is 1. The Labute approximate surface area is 202 Å². The molecule has 4 aromatic rings. The maximum absolute atomic E-state index is 13.5. The van der Waals surface area contributed by atoms with Crippen LogP contribution in [0, 0.1) is 0 Å². The average molecular weight is 499 g/mol. The molecular weight excluding hydrogens is 472 g/mol. The van der Waals surface area contributed by atoms with Crippen LogP contribution in [0.15, 0.2) is 66.1 Å². The fourth-order valence-corrected chi connectivity index (χ4v) is 5.54. The SMILES string of the molecule is COc1ccc2nc(N(CCCn3ccnc3)C(=O)c3ccc(S(=O)(=O)C(C)C)cc3)sc2c1. The van der Waals surface area contributed by atoms with Crippen molar-refractivity contribution in [2.45, 2.75) is 37.0 Å². The van der Waals surface area contributed by atoms with Crippen molar-refractivity contribution >= 4 is 42.4 Å². The zero-order chi connectivity index (χ0) is 24.3. The number of benzene rings is 2. The van der Waals surface area contributed by atoms with Gasteiger partial charge in [-0.25, -0.2) is 18.4 Å².